The number of phenolic OH excluding ortho intramolecular Hbond substituents is 1. The number of carbonyl (C=O) groups is 4. The molecule has 5 rings (SSSR count). The molecule has 35 heavy (non-hydrogen) atoms. The fourth-order valence-corrected chi connectivity index (χ4v) is 6.48. The number of aliphatic hydroxyl groups is 2. The first-order chi connectivity index (χ1) is 16.5. The van der Waals surface area contributed by atoms with Crippen LogP contribution in [-0.4, -0.2) is 75.3 Å². The SMILES string of the molecule is CN(C)[C@H]1C(O)C(C(N)=O)C(=O)[C@]2(O)C(=O)C3C(=O)c4c(O)ccc(-c5ccco5)c4C[C@@H]3C[C@H]12. The van der Waals surface area contributed by atoms with E-state index in [1.165, 1.54) is 12.3 Å². The molecule has 0 saturated heterocycles. The first-order valence-electron chi connectivity index (χ1n) is 11.4. The Morgan fingerprint density at radius 1 is 1.17 bits per heavy atom. The van der Waals surface area contributed by atoms with Crippen LogP contribution >= 0.6 is 0 Å². The molecular weight excluding hydrogens is 456 g/mol. The zero-order valence-electron chi connectivity index (χ0n) is 19.2. The molecule has 3 unspecified atom stereocenters. The van der Waals surface area contributed by atoms with Crippen LogP contribution in [0.2, 0.25) is 0 Å². The van der Waals surface area contributed by atoms with Crippen molar-refractivity contribution in [1.29, 1.82) is 0 Å². The summed E-state index contributed by atoms with van der Waals surface area (Å²) in [4.78, 5) is 54.3. The molecule has 7 atom stereocenters. The molecule has 2 aromatic rings. The van der Waals surface area contributed by atoms with Crippen LogP contribution in [0.25, 0.3) is 11.3 Å². The molecular formula is C25H26N2O8. The van der Waals surface area contributed by atoms with E-state index in [4.69, 9.17) is 10.2 Å². The van der Waals surface area contributed by atoms with E-state index in [-0.39, 0.29) is 24.2 Å². The molecule has 1 aromatic heterocycles. The first kappa shape index (κ1) is 23.4. The molecule has 3 aliphatic carbocycles. The highest BCUT2D eigenvalue weighted by molar-refractivity contribution is 6.25. The first-order valence-corrected chi connectivity index (χ1v) is 11.4. The zero-order chi connectivity index (χ0) is 25.4. The number of carbonyl (C=O) groups excluding carboxylic acids is 4. The Balaban J connectivity index is 1.66. The number of ketones is 3. The molecule has 0 bridgehead atoms. The fraction of sp³-hybridized carbons (Fsp3) is 0.440. The molecule has 2 fully saturated rings. The molecule has 1 aromatic carbocycles. The van der Waals surface area contributed by atoms with Gasteiger partial charge in [-0.3, -0.25) is 19.2 Å². The minimum absolute atomic E-state index is 0.0468. The number of primary amides is 1. The Hall–Kier alpha value is -3.34. The monoisotopic (exact) mass is 482 g/mol. The molecule has 10 nitrogen and oxygen atoms in total. The van der Waals surface area contributed by atoms with Crippen LogP contribution in [0.1, 0.15) is 22.3 Å². The van der Waals surface area contributed by atoms with Gasteiger partial charge in [-0.1, -0.05) is 0 Å². The number of aromatic hydroxyl groups is 1. The molecule has 1 amide bonds. The molecule has 0 radical (unpaired) electrons. The third-order valence-corrected chi connectivity index (χ3v) is 7.96. The summed E-state index contributed by atoms with van der Waals surface area (Å²) in [5.41, 5.74) is 3.77. The van der Waals surface area contributed by atoms with E-state index in [2.05, 4.69) is 0 Å². The summed E-state index contributed by atoms with van der Waals surface area (Å²) in [6, 6.07) is 5.45. The number of fused-ring (bicyclic) bond motifs is 3. The average Bonchev–Trinajstić information content (AvgIpc) is 3.30. The number of nitrogens with two attached hydrogens (primary N) is 1. The van der Waals surface area contributed by atoms with Crippen LogP contribution in [0.4, 0.5) is 0 Å². The van der Waals surface area contributed by atoms with Crippen molar-refractivity contribution >= 4 is 23.3 Å². The van der Waals surface area contributed by atoms with Crippen molar-refractivity contribution in [3.05, 3.63) is 41.7 Å². The van der Waals surface area contributed by atoms with Crippen LogP contribution in [0.3, 0.4) is 0 Å². The molecule has 2 saturated carbocycles. The van der Waals surface area contributed by atoms with Gasteiger partial charge in [0.15, 0.2) is 23.0 Å². The molecule has 3 aliphatic rings. The lowest BCUT2D eigenvalue weighted by atomic mass is 9.52. The topological polar surface area (TPSA) is 171 Å². The van der Waals surface area contributed by atoms with Crippen LogP contribution in [0, 0.1) is 23.7 Å². The van der Waals surface area contributed by atoms with Gasteiger partial charge in [-0.05, 0) is 62.7 Å². The van der Waals surface area contributed by atoms with Crippen LogP contribution in [0.15, 0.2) is 34.9 Å². The number of hydrogen-bond donors (Lipinski definition) is 4. The summed E-state index contributed by atoms with van der Waals surface area (Å²) in [6.45, 7) is 0. The van der Waals surface area contributed by atoms with Gasteiger partial charge in [0.2, 0.25) is 5.91 Å². The largest absolute Gasteiger partial charge is 0.507 e. The van der Waals surface area contributed by atoms with Crippen LogP contribution in [0.5, 0.6) is 5.75 Å². The van der Waals surface area contributed by atoms with E-state index in [9.17, 15) is 34.5 Å². The lowest BCUT2D eigenvalue weighted by Crippen LogP contribution is -2.75. The highest BCUT2D eigenvalue weighted by Crippen LogP contribution is 2.52. The standard InChI is InChI=1S/C25H26N2O8/c1-27(2)19-13-9-10-8-12-11(15-4-3-7-35-15)5-6-14(28)17(12)20(29)16(10)22(31)25(13,34)23(32)18(21(19)30)24(26)33/h3-7,10,13,16,18-19,21,28,30,34H,8-9H2,1-2H3,(H2,26,33)/t10-,13-,16?,18?,19-,21?,25-/m1/s1. The Morgan fingerprint density at radius 3 is 2.49 bits per heavy atom. The second-order valence-corrected chi connectivity index (χ2v) is 9.93. The van der Waals surface area contributed by atoms with E-state index in [0.717, 1.165) is 0 Å². The van der Waals surface area contributed by atoms with Gasteiger partial charge >= 0.3 is 0 Å². The minimum atomic E-state index is -2.67. The van der Waals surface area contributed by atoms with Gasteiger partial charge in [-0.15, -0.1) is 0 Å². The van der Waals surface area contributed by atoms with Gasteiger partial charge in [-0.2, -0.15) is 0 Å². The number of furan rings is 1. The van der Waals surface area contributed by atoms with Crippen molar-refractivity contribution in [1.82, 2.24) is 4.90 Å². The smallest absolute Gasteiger partial charge is 0.230 e. The Labute approximate surface area is 200 Å². The van der Waals surface area contributed by atoms with E-state index >= 15 is 0 Å². The summed E-state index contributed by atoms with van der Waals surface area (Å²) >= 11 is 0. The number of amides is 1. The van der Waals surface area contributed by atoms with Crippen molar-refractivity contribution < 1.29 is 38.9 Å². The van der Waals surface area contributed by atoms with E-state index in [1.807, 2.05) is 0 Å². The quantitative estimate of drug-likeness (QED) is 0.437. The summed E-state index contributed by atoms with van der Waals surface area (Å²) in [5.74, 6) is -8.74. The molecule has 184 valence electrons. The molecule has 10 heteroatoms. The van der Waals surface area contributed by atoms with Crippen molar-refractivity contribution in [2.75, 3.05) is 14.1 Å². The fourth-order valence-electron chi connectivity index (χ4n) is 6.48. The predicted octanol–water partition coefficient (Wildman–Crippen LogP) is -0.0812. The van der Waals surface area contributed by atoms with Crippen LogP contribution < -0.4 is 5.73 Å². The van der Waals surface area contributed by atoms with Crippen molar-refractivity contribution in [2.24, 2.45) is 29.4 Å². The van der Waals surface area contributed by atoms with E-state index in [1.54, 1.807) is 37.2 Å². The van der Waals surface area contributed by atoms with Crippen molar-refractivity contribution in [2.45, 2.75) is 30.6 Å². The maximum atomic E-state index is 13.8. The number of benzene rings is 1. The number of phenols is 1. The molecule has 5 N–H and O–H groups in total. The Bertz CT molecular complexity index is 1250. The minimum Gasteiger partial charge on any atom is -0.507 e. The lowest BCUT2D eigenvalue weighted by Gasteiger charge is -2.54. The Morgan fingerprint density at radius 2 is 1.89 bits per heavy atom. The summed E-state index contributed by atoms with van der Waals surface area (Å²) in [5, 5.41) is 33.0. The lowest BCUT2D eigenvalue weighted by molar-refractivity contribution is -0.190. The molecule has 0 aliphatic heterocycles. The number of Topliss-reactive ketones (excluding diaryl/α,β-unsaturated/α-hetero) is 3. The maximum absolute atomic E-state index is 13.8. The molecule has 1 heterocycles. The van der Waals surface area contributed by atoms with Gasteiger partial charge < -0.3 is 30.4 Å². The maximum Gasteiger partial charge on any atom is 0.230 e. The van der Waals surface area contributed by atoms with Gasteiger partial charge in [0.25, 0.3) is 0 Å². The second-order valence-electron chi connectivity index (χ2n) is 9.93. The highest BCUT2D eigenvalue weighted by Gasteiger charge is 2.69. The third-order valence-electron chi connectivity index (χ3n) is 7.96. The van der Waals surface area contributed by atoms with Crippen LogP contribution in [-0.2, 0) is 20.8 Å². The van der Waals surface area contributed by atoms with Gasteiger partial charge in [0, 0.05) is 17.5 Å². The third kappa shape index (κ3) is 3.06. The van der Waals surface area contributed by atoms with Crippen molar-refractivity contribution in [3.8, 4) is 17.1 Å². The summed E-state index contributed by atoms with van der Waals surface area (Å²) in [7, 11) is 3.21. The number of aliphatic hydroxyl groups excluding tert-OH is 1. The second kappa shape index (κ2) is 7.84. The average molecular weight is 482 g/mol. The van der Waals surface area contributed by atoms with E-state index < -0.39 is 64.7 Å². The summed E-state index contributed by atoms with van der Waals surface area (Å²) < 4.78 is 5.50. The summed E-state index contributed by atoms with van der Waals surface area (Å²) in [6.07, 6.45) is 0.220. The van der Waals surface area contributed by atoms with Gasteiger partial charge in [-0.25, -0.2) is 0 Å². The number of rotatable bonds is 3. The molecule has 0 spiro atoms. The zero-order valence-corrected chi connectivity index (χ0v) is 19.2. The normalized spacial score (nSPS) is 34.4. The van der Waals surface area contributed by atoms with E-state index in [0.29, 0.717) is 16.9 Å². The number of nitrogens with zero attached hydrogens (tertiary/aromatic N) is 1. The predicted molar refractivity (Wildman–Crippen MR) is 120 cm³/mol. The van der Waals surface area contributed by atoms with Gasteiger partial charge in [0.05, 0.1) is 23.8 Å². The van der Waals surface area contributed by atoms with Gasteiger partial charge in [0.1, 0.15) is 17.4 Å². The number of hydrogen-bond acceptors (Lipinski definition) is 9. The number of likely N-dealkylation sites (N-methyl/N-ethyl adjacent to an activating group) is 1. The van der Waals surface area contributed by atoms with Crippen molar-refractivity contribution in [3.63, 3.8) is 0 Å². The Kier molecular flexibility index (Phi) is 5.24. The highest BCUT2D eigenvalue weighted by atomic mass is 16.3.